The quantitative estimate of drug-likeness (QED) is 0.180. The Kier molecular flexibility index (Phi) is 6.29. The molecule has 46 heavy (non-hydrogen) atoms. The van der Waals surface area contributed by atoms with Gasteiger partial charge in [-0.3, -0.25) is 0 Å². The van der Waals surface area contributed by atoms with Crippen LogP contribution in [-0.4, -0.2) is 9.13 Å². The van der Waals surface area contributed by atoms with E-state index in [1.165, 1.54) is 38.1 Å². The van der Waals surface area contributed by atoms with Gasteiger partial charge >= 0.3 is 0 Å². The van der Waals surface area contributed by atoms with Crippen LogP contribution in [0, 0.1) is 0 Å². The molecule has 9 rings (SSSR count). The van der Waals surface area contributed by atoms with Crippen molar-refractivity contribution in [2.24, 2.45) is 0 Å². The molecule has 0 atom stereocenters. The minimum atomic E-state index is 1.06. The Morgan fingerprint density at radius 3 is 1.63 bits per heavy atom. The zero-order valence-corrected chi connectivity index (χ0v) is 26.5. The molecule has 0 aliphatic rings. The maximum Gasteiger partial charge on any atom is 0.0803 e. The highest BCUT2D eigenvalue weighted by Gasteiger charge is 2.24. The number of anilines is 3. The van der Waals surface area contributed by atoms with E-state index in [4.69, 9.17) is 0 Å². The molecule has 0 radical (unpaired) electrons. The Bertz CT molecular complexity index is 2530. The fourth-order valence-corrected chi connectivity index (χ4v) is 7.33. The molecule has 9 aromatic rings. The van der Waals surface area contributed by atoms with Gasteiger partial charge in [-0.15, -0.1) is 0 Å². The lowest BCUT2D eigenvalue weighted by Gasteiger charge is -2.27. The van der Waals surface area contributed by atoms with Gasteiger partial charge in [0.1, 0.15) is 0 Å². The molecule has 2 heterocycles. The molecule has 0 aliphatic heterocycles. The smallest absolute Gasteiger partial charge is 0.0803 e. The topological polar surface area (TPSA) is 13.1 Å². The van der Waals surface area contributed by atoms with Gasteiger partial charge < -0.3 is 14.0 Å². The summed E-state index contributed by atoms with van der Waals surface area (Å²) in [4.78, 5) is 2.38. The lowest BCUT2D eigenvalue weighted by atomic mass is 10.1. The van der Waals surface area contributed by atoms with Crippen LogP contribution < -0.4 is 4.90 Å². The highest BCUT2D eigenvalue weighted by atomic mass is 79.9. The van der Waals surface area contributed by atoms with E-state index in [1.807, 2.05) is 0 Å². The Labute approximate surface area is 275 Å². The molecule has 0 N–H and O–H groups in total. The number of hydrogen-bond donors (Lipinski definition) is 0. The molecule has 4 heteroatoms. The molecule has 0 bridgehead atoms. The molecule has 7 aromatic carbocycles. The van der Waals surface area contributed by atoms with E-state index in [0.29, 0.717) is 0 Å². The highest BCUT2D eigenvalue weighted by Crippen LogP contribution is 2.45. The van der Waals surface area contributed by atoms with E-state index in [2.05, 4.69) is 200 Å². The maximum absolute atomic E-state index is 3.76. The Hall–Kier alpha value is -5.58. The Balaban J connectivity index is 1.41. The van der Waals surface area contributed by atoms with Gasteiger partial charge in [0.25, 0.3) is 0 Å². The maximum atomic E-state index is 3.76. The predicted molar refractivity (Wildman–Crippen MR) is 198 cm³/mol. The first-order valence-corrected chi connectivity index (χ1v) is 16.3. The predicted octanol–water partition coefficient (Wildman–Crippen LogP) is 12.1. The van der Waals surface area contributed by atoms with Crippen molar-refractivity contribution in [1.29, 1.82) is 0 Å². The third-order valence-electron chi connectivity index (χ3n) is 8.91. The highest BCUT2D eigenvalue weighted by molar-refractivity contribution is 9.10. The number of rotatable bonds is 5. The van der Waals surface area contributed by atoms with Gasteiger partial charge in [-0.25, -0.2) is 0 Å². The Morgan fingerprint density at radius 2 is 0.957 bits per heavy atom. The van der Waals surface area contributed by atoms with Gasteiger partial charge in [-0.1, -0.05) is 107 Å². The first kappa shape index (κ1) is 26.8. The zero-order chi connectivity index (χ0) is 30.6. The summed E-state index contributed by atoms with van der Waals surface area (Å²) in [6.07, 6.45) is 0. The lowest BCUT2D eigenvalue weighted by molar-refractivity contribution is 1.17. The first-order valence-electron chi connectivity index (χ1n) is 15.5. The number of benzene rings is 7. The third-order valence-corrected chi connectivity index (χ3v) is 9.41. The molecule has 0 unspecified atom stereocenters. The third kappa shape index (κ3) is 4.18. The second-order valence-corrected chi connectivity index (χ2v) is 12.5. The van der Waals surface area contributed by atoms with Crippen molar-refractivity contribution in [3.05, 3.63) is 174 Å². The monoisotopic (exact) mass is 653 g/mol. The number of halogens is 1. The van der Waals surface area contributed by atoms with Crippen LogP contribution in [0.15, 0.2) is 174 Å². The van der Waals surface area contributed by atoms with Crippen LogP contribution in [0.3, 0.4) is 0 Å². The van der Waals surface area contributed by atoms with Gasteiger partial charge in [0.2, 0.25) is 0 Å². The van der Waals surface area contributed by atoms with Gasteiger partial charge in [-0.2, -0.15) is 0 Å². The standard InChI is InChI=1S/C42H28BrN3/c43-30-23-25-36-39(27-30)45(32-17-6-2-7-18-32)42-37-26-24-34(28-40(37)46(41(36)42)33-19-8-3-9-20-33)44(31-15-4-1-5-16-31)38-22-12-14-29-13-10-11-21-35(29)38/h1-28H. The molecule has 0 fully saturated rings. The SMILES string of the molecule is Brc1ccc2c(c1)n(-c1ccccc1)c1c3ccc(N(c4ccccc4)c4cccc5ccccc45)cc3n(-c3ccccc3)c21. The summed E-state index contributed by atoms with van der Waals surface area (Å²) in [5.41, 5.74) is 10.4. The average Bonchev–Trinajstić information content (AvgIpc) is 3.61. The largest absolute Gasteiger partial charge is 0.310 e. The molecular weight excluding hydrogens is 626 g/mol. The first-order chi connectivity index (χ1) is 22.8. The Morgan fingerprint density at radius 1 is 0.413 bits per heavy atom. The van der Waals surface area contributed by atoms with Crippen molar-refractivity contribution in [2.75, 3.05) is 4.90 Å². The van der Waals surface area contributed by atoms with Crippen molar-refractivity contribution >= 4 is 76.6 Å². The average molecular weight is 655 g/mol. The van der Waals surface area contributed by atoms with Crippen molar-refractivity contribution in [1.82, 2.24) is 9.13 Å². The normalized spacial score (nSPS) is 11.6. The van der Waals surface area contributed by atoms with E-state index in [9.17, 15) is 0 Å². The molecule has 0 aliphatic carbocycles. The van der Waals surface area contributed by atoms with Crippen molar-refractivity contribution in [3.8, 4) is 11.4 Å². The van der Waals surface area contributed by atoms with E-state index in [1.54, 1.807) is 0 Å². The fraction of sp³-hybridized carbons (Fsp3) is 0. The molecule has 2 aromatic heterocycles. The van der Waals surface area contributed by atoms with Crippen molar-refractivity contribution in [3.63, 3.8) is 0 Å². The number of fused-ring (bicyclic) bond motifs is 6. The second-order valence-electron chi connectivity index (χ2n) is 11.6. The molecule has 218 valence electrons. The molecule has 3 nitrogen and oxygen atoms in total. The van der Waals surface area contributed by atoms with Crippen LogP contribution in [0.1, 0.15) is 0 Å². The van der Waals surface area contributed by atoms with E-state index < -0.39 is 0 Å². The summed E-state index contributed by atoms with van der Waals surface area (Å²) >= 11 is 3.76. The molecule has 0 amide bonds. The summed E-state index contributed by atoms with van der Waals surface area (Å²) in [7, 11) is 0. The van der Waals surface area contributed by atoms with E-state index in [-0.39, 0.29) is 0 Å². The molecule has 0 spiro atoms. The zero-order valence-electron chi connectivity index (χ0n) is 24.9. The van der Waals surface area contributed by atoms with Crippen molar-refractivity contribution < 1.29 is 0 Å². The van der Waals surface area contributed by atoms with Crippen LogP contribution in [0.4, 0.5) is 17.1 Å². The number of aromatic nitrogens is 2. The summed E-state index contributed by atoms with van der Waals surface area (Å²) in [6, 6.07) is 60.8. The summed E-state index contributed by atoms with van der Waals surface area (Å²) < 4.78 is 5.91. The van der Waals surface area contributed by atoms with Gasteiger partial charge in [0, 0.05) is 43.4 Å². The van der Waals surface area contributed by atoms with E-state index >= 15 is 0 Å². The van der Waals surface area contributed by atoms with Crippen LogP contribution in [0.25, 0.3) is 55.0 Å². The van der Waals surface area contributed by atoms with Crippen LogP contribution in [0.5, 0.6) is 0 Å². The van der Waals surface area contributed by atoms with Crippen LogP contribution in [-0.2, 0) is 0 Å². The fourth-order valence-electron chi connectivity index (χ4n) is 6.98. The summed E-state index contributed by atoms with van der Waals surface area (Å²) in [5, 5.41) is 4.84. The molecule has 0 saturated heterocycles. The van der Waals surface area contributed by atoms with Crippen LogP contribution >= 0.6 is 15.9 Å². The molecular formula is C42H28BrN3. The minimum Gasteiger partial charge on any atom is -0.310 e. The van der Waals surface area contributed by atoms with Crippen molar-refractivity contribution in [2.45, 2.75) is 0 Å². The van der Waals surface area contributed by atoms with E-state index in [0.717, 1.165) is 38.4 Å². The van der Waals surface area contributed by atoms with Crippen LogP contribution in [0.2, 0.25) is 0 Å². The lowest BCUT2D eigenvalue weighted by Crippen LogP contribution is -2.10. The molecule has 0 saturated carbocycles. The number of nitrogens with zero attached hydrogens (tertiary/aromatic N) is 3. The minimum absolute atomic E-state index is 1.06. The van der Waals surface area contributed by atoms with Gasteiger partial charge in [-0.05, 0) is 84.2 Å². The number of hydrogen-bond acceptors (Lipinski definition) is 1. The number of para-hydroxylation sites is 3. The van der Waals surface area contributed by atoms with Gasteiger partial charge in [0.05, 0.1) is 27.8 Å². The van der Waals surface area contributed by atoms with Gasteiger partial charge in [0.15, 0.2) is 0 Å². The second kappa shape index (κ2) is 10.8. The summed E-state index contributed by atoms with van der Waals surface area (Å²) in [6.45, 7) is 0. The summed E-state index contributed by atoms with van der Waals surface area (Å²) in [5.74, 6) is 0.